The van der Waals surface area contributed by atoms with E-state index in [1.165, 1.54) is 0 Å². The molecule has 2 aromatic rings. The Hall–Kier alpha value is -2.68. The van der Waals surface area contributed by atoms with Crippen molar-refractivity contribution in [1.29, 1.82) is 0 Å². The van der Waals surface area contributed by atoms with Crippen LogP contribution in [0.5, 0.6) is 0 Å². The highest BCUT2D eigenvalue weighted by atomic mass is 32.1. The summed E-state index contributed by atoms with van der Waals surface area (Å²) in [5.41, 5.74) is 2.09. The van der Waals surface area contributed by atoms with Gasteiger partial charge in [0.1, 0.15) is 0 Å². The highest BCUT2D eigenvalue weighted by molar-refractivity contribution is 7.71. The van der Waals surface area contributed by atoms with Crippen LogP contribution in [0.25, 0.3) is 11.4 Å². The molecule has 1 aliphatic rings. The molecule has 1 aromatic carbocycles. The van der Waals surface area contributed by atoms with Crippen LogP contribution in [0.4, 0.5) is 4.79 Å². The lowest BCUT2D eigenvalue weighted by atomic mass is 10.1. The summed E-state index contributed by atoms with van der Waals surface area (Å²) in [5, 5.41) is 7.15. The van der Waals surface area contributed by atoms with Gasteiger partial charge >= 0.3 is 6.09 Å². The number of piperazine rings is 1. The average molecular weight is 404 g/mol. The fourth-order valence-corrected chi connectivity index (χ4v) is 3.47. The van der Waals surface area contributed by atoms with Crippen LogP contribution in [-0.4, -0.2) is 69.4 Å². The molecule has 0 spiro atoms. The fourth-order valence-electron chi connectivity index (χ4n) is 3.25. The first-order chi connectivity index (χ1) is 13.5. The van der Waals surface area contributed by atoms with Gasteiger partial charge in [-0.2, -0.15) is 5.10 Å². The van der Waals surface area contributed by atoms with E-state index in [1.807, 2.05) is 35.8 Å². The number of ether oxygens (including phenoxy) is 1. The average Bonchev–Trinajstić information content (AvgIpc) is 3.07. The highest BCUT2D eigenvalue weighted by Gasteiger charge is 2.24. The minimum atomic E-state index is -0.318. The van der Waals surface area contributed by atoms with E-state index in [0.717, 1.165) is 17.0 Å². The van der Waals surface area contributed by atoms with Crippen LogP contribution in [0, 0.1) is 11.7 Å². The summed E-state index contributed by atoms with van der Waals surface area (Å²) in [6.45, 7) is 6.62. The maximum Gasteiger partial charge on any atom is 0.409 e. The molecule has 1 fully saturated rings. The third-order valence-corrected chi connectivity index (χ3v) is 5.05. The summed E-state index contributed by atoms with van der Waals surface area (Å²) in [6.07, 6.45) is 0.00796. The maximum absolute atomic E-state index is 12.6. The summed E-state index contributed by atoms with van der Waals surface area (Å²) >= 11 is 5.35. The van der Waals surface area contributed by atoms with Crippen molar-refractivity contribution in [3.63, 3.8) is 0 Å². The first-order valence-corrected chi connectivity index (χ1v) is 9.82. The molecule has 1 aliphatic heterocycles. The Bertz CT molecular complexity index is 899. The summed E-state index contributed by atoms with van der Waals surface area (Å²) in [4.78, 5) is 27.8. The van der Waals surface area contributed by atoms with Gasteiger partial charge in [0, 0.05) is 44.7 Å². The topological polar surface area (TPSA) is 83.5 Å². The lowest BCUT2D eigenvalue weighted by molar-refractivity contribution is -0.133. The first-order valence-electron chi connectivity index (χ1n) is 9.41. The van der Waals surface area contributed by atoms with E-state index < -0.39 is 0 Å². The van der Waals surface area contributed by atoms with E-state index in [9.17, 15) is 9.59 Å². The summed E-state index contributed by atoms with van der Waals surface area (Å²) in [5.74, 6) is 0.774. The third kappa shape index (κ3) is 4.59. The second-order valence-electron chi connectivity index (χ2n) is 6.69. The van der Waals surface area contributed by atoms with Gasteiger partial charge in [0.15, 0.2) is 10.6 Å². The number of aryl methyl sites for hydroxylation is 1. The number of hydrogen-bond acceptors (Lipinski definition) is 5. The Labute approximate surface area is 169 Å². The number of hydrogen-bond donors (Lipinski definition) is 1. The molecule has 28 heavy (non-hydrogen) atoms. The van der Waals surface area contributed by atoms with Gasteiger partial charge in [0.2, 0.25) is 5.91 Å². The predicted octanol–water partition coefficient (Wildman–Crippen LogP) is 2.61. The molecule has 1 aromatic heterocycles. The zero-order chi connectivity index (χ0) is 20.1. The van der Waals surface area contributed by atoms with Crippen molar-refractivity contribution in [2.24, 2.45) is 0 Å². The summed E-state index contributed by atoms with van der Waals surface area (Å²) in [7, 11) is 0. The minimum Gasteiger partial charge on any atom is -0.450 e. The number of H-pyrrole nitrogens is 1. The van der Waals surface area contributed by atoms with Crippen LogP contribution in [0.2, 0.25) is 0 Å². The van der Waals surface area contributed by atoms with Gasteiger partial charge in [-0.25, -0.2) is 4.79 Å². The van der Waals surface area contributed by atoms with E-state index in [1.54, 1.807) is 16.7 Å². The Morgan fingerprint density at radius 3 is 2.61 bits per heavy atom. The highest BCUT2D eigenvalue weighted by Crippen LogP contribution is 2.19. The Kier molecular flexibility index (Phi) is 6.45. The van der Waals surface area contributed by atoms with E-state index in [0.29, 0.717) is 50.5 Å². The minimum absolute atomic E-state index is 0.0433. The van der Waals surface area contributed by atoms with Gasteiger partial charge in [-0.3, -0.25) is 14.5 Å². The van der Waals surface area contributed by atoms with Crippen molar-refractivity contribution in [3.05, 3.63) is 34.6 Å². The number of aromatic amines is 1. The van der Waals surface area contributed by atoms with Crippen LogP contribution in [0.1, 0.15) is 18.9 Å². The molecular weight excluding hydrogens is 378 g/mol. The largest absolute Gasteiger partial charge is 0.450 e. The van der Waals surface area contributed by atoms with Crippen LogP contribution < -0.4 is 0 Å². The molecule has 3 rings (SSSR count). The maximum atomic E-state index is 12.6. The van der Waals surface area contributed by atoms with Crippen molar-refractivity contribution in [2.75, 3.05) is 32.8 Å². The molecule has 150 valence electrons. The number of aromatic nitrogens is 3. The normalized spacial score (nSPS) is 14.2. The molecule has 0 aliphatic carbocycles. The second kappa shape index (κ2) is 9.01. The first kappa shape index (κ1) is 20.1. The molecule has 1 N–H and O–H groups in total. The molecule has 8 nitrogen and oxygen atoms in total. The van der Waals surface area contributed by atoms with Crippen molar-refractivity contribution >= 4 is 24.2 Å². The predicted molar refractivity (Wildman–Crippen MR) is 107 cm³/mol. The molecule has 2 amide bonds. The molecule has 0 atom stereocenters. The molecule has 0 bridgehead atoms. The van der Waals surface area contributed by atoms with E-state index >= 15 is 0 Å². The standard InChI is InChI=1S/C19H25N5O3S/c1-3-27-19(26)23-11-9-22(10-12-23)16(25)7-8-24-17(20-21-18(24)28)15-6-4-5-14(2)13-15/h4-6,13H,3,7-12H2,1-2H3,(H,21,28). The van der Waals surface area contributed by atoms with Crippen LogP contribution in [0.3, 0.4) is 0 Å². The van der Waals surface area contributed by atoms with Crippen LogP contribution in [-0.2, 0) is 16.1 Å². The van der Waals surface area contributed by atoms with E-state index in [4.69, 9.17) is 17.0 Å². The van der Waals surface area contributed by atoms with Gasteiger partial charge < -0.3 is 14.5 Å². The van der Waals surface area contributed by atoms with Gasteiger partial charge in [-0.05, 0) is 32.1 Å². The molecule has 9 heteroatoms. The zero-order valence-corrected chi connectivity index (χ0v) is 17.0. The number of benzene rings is 1. The Balaban J connectivity index is 1.60. The lowest BCUT2D eigenvalue weighted by Gasteiger charge is -2.34. The van der Waals surface area contributed by atoms with Gasteiger partial charge in [-0.1, -0.05) is 23.8 Å². The number of amides is 2. The fraction of sp³-hybridized carbons (Fsp3) is 0.474. The lowest BCUT2D eigenvalue weighted by Crippen LogP contribution is -2.50. The zero-order valence-electron chi connectivity index (χ0n) is 16.2. The van der Waals surface area contributed by atoms with Gasteiger partial charge in [-0.15, -0.1) is 0 Å². The molecule has 0 saturated carbocycles. The van der Waals surface area contributed by atoms with E-state index in [2.05, 4.69) is 10.2 Å². The molecular formula is C19H25N5O3S. The van der Waals surface area contributed by atoms with Gasteiger partial charge in [0.25, 0.3) is 0 Å². The van der Waals surface area contributed by atoms with Crippen molar-refractivity contribution in [3.8, 4) is 11.4 Å². The summed E-state index contributed by atoms with van der Waals surface area (Å²) < 4.78 is 7.36. The number of nitrogens with one attached hydrogen (secondary N) is 1. The Morgan fingerprint density at radius 2 is 1.93 bits per heavy atom. The second-order valence-corrected chi connectivity index (χ2v) is 7.08. The quantitative estimate of drug-likeness (QED) is 0.776. The van der Waals surface area contributed by atoms with Crippen molar-refractivity contribution in [2.45, 2.75) is 26.8 Å². The van der Waals surface area contributed by atoms with Crippen molar-refractivity contribution < 1.29 is 14.3 Å². The SMILES string of the molecule is CCOC(=O)N1CCN(C(=O)CCn2c(-c3cccc(C)c3)n[nH]c2=S)CC1. The van der Waals surface area contributed by atoms with Crippen LogP contribution in [0.15, 0.2) is 24.3 Å². The number of carbonyl (C=O) groups excluding carboxylic acids is 2. The number of nitrogens with zero attached hydrogens (tertiary/aromatic N) is 4. The number of rotatable bonds is 5. The third-order valence-electron chi connectivity index (χ3n) is 4.74. The smallest absolute Gasteiger partial charge is 0.409 e. The van der Waals surface area contributed by atoms with Crippen LogP contribution >= 0.6 is 12.2 Å². The van der Waals surface area contributed by atoms with E-state index in [-0.39, 0.29) is 12.0 Å². The summed E-state index contributed by atoms with van der Waals surface area (Å²) in [6, 6.07) is 8.01. The molecule has 0 radical (unpaired) electrons. The number of carbonyl (C=O) groups is 2. The molecule has 1 saturated heterocycles. The van der Waals surface area contributed by atoms with Gasteiger partial charge in [0.05, 0.1) is 6.61 Å². The molecule has 2 heterocycles. The Morgan fingerprint density at radius 1 is 1.21 bits per heavy atom. The molecule has 0 unspecified atom stereocenters. The van der Waals surface area contributed by atoms with Crippen molar-refractivity contribution in [1.82, 2.24) is 24.6 Å². The monoisotopic (exact) mass is 403 g/mol.